The highest BCUT2D eigenvalue weighted by molar-refractivity contribution is 7.91. The van der Waals surface area contributed by atoms with Gasteiger partial charge in [0.25, 0.3) is 0 Å². The smallest absolute Gasteiger partial charge is 0.238 e. The molecule has 0 aromatic heterocycles. The van der Waals surface area contributed by atoms with E-state index in [-0.39, 0.29) is 24.5 Å². The molecule has 0 radical (unpaired) electrons. The van der Waals surface area contributed by atoms with Gasteiger partial charge in [-0.15, -0.1) is 0 Å². The summed E-state index contributed by atoms with van der Waals surface area (Å²) in [5.74, 6) is -3.41. The largest absolute Gasteiger partial charge is 0.488 e. The highest BCUT2D eigenvalue weighted by atomic mass is 32.2. The maximum atomic E-state index is 13.6. The van der Waals surface area contributed by atoms with Crippen molar-refractivity contribution in [3.8, 4) is 5.75 Å². The minimum absolute atomic E-state index is 0.0290. The summed E-state index contributed by atoms with van der Waals surface area (Å²) in [5.41, 5.74) is 0. The SMILES string of the molecule is CCS(=O)(=O)CCCOc1c(F)cc(S(N)(=O)=O)cc1F. The van der Waals surface area contributed by atoms with Gasteiger partial charge in [0, 0.05) is 5.75 Å². The Morgan fingerprint density at radius 1 is 1.14 bits per heavy atom. The average Bonchev–Trinajstić information content (AvgIpc) is 2.35. The van der Waals surface area contributed by atoms with Crippen molar-refractivity contribution in [1.29, 1.82) is 0 Å². The van der Waals surface area contributed by atoms with Crippen LogP contribution in [0.2, 0.25) is 0 Å². The lowest BCUT2D eigenvalue weighted by atomic mass is 10.3. The van der Waals surface area contributed by atoms with Gasteiger partial charge in [-0.1, -0.05) is 6.92 Å². The third-order valence-electron chi connectivity index (χ3n) is 2.59. The Morgan fingerprint density at radius 3 is 2.10 bits per heavy atom. The van der Waals surface area contributed by atoms with Gasteiger partial charge in [0.15, 0.2) is 17.4 Å². The molecule has 0 fully saturated rings. The third-order valence-corrected chi connectivity index (χ3v) is 5.27. The van der Waals surface area contributed by atoms with Gasteiger partial charge in [-0.3, -0.25) is 0 Å². The maximum absolute atomic E-state index is 13.6. The molecule has 2 N–H and O–H groups in total. The fraction of sp³-hybridized carbons (Fsp3) is 0.455. The number of ether oxygens (including phenoxy) is 1. The van der Waals surface area contributed by atoms with Crippen LogP contribution in [0.15, 0.2) is 17.0 Å². The summed E-state index contributed by atoms with van der Waals surface area (Å²) in [6, 6.07) is 1.08. The Hall–Kier alpha value is -1.26. The number of nitrogens with two attached hydrogens (primary N) is 1. The summed E-state index contributed by atoms with van der Waals surface area (Å²) in [6.45, 7) is 1.27. The van der Waals surface area contributed by atoms with E-state index in [0.717, 1.165) is 0 Å². The number of halogens is 2. The van der Waals surface area contributed by atoms with Gasteiger partial charge in [0.05, 0.1) is 17.3 Å². The molecule has 0 saturated carbocycles. The van der Waals surface area contributed by atoms with Gasteiger partial charge in [-0.25, -0.2) is 30.8 Å². The van der Waals surface area contributed by atoms with Crippen molar-refractivity contribution in [2.75, 3.05) is 18.1 Å². The second-order valence-electron chi connectivity index (χ2n) is 4.20. The van der Waals surface area contributed by atoms with E-state index in [4.69, 9.17) is 9.88 Å². The topological polar surface area (TPSA) is 104 Å². The fourth-order valence-electron chi connectivity index (χ4n) is 1.44. The molecule has 0 aliphatic heterocycles. The number of benzene rings is 1. The van der Waals surface area contributed by atoms with Gasteiger partial charge < -0.3 is 4.74 Å². The molecular formula is C11H15F2NO5S2. The van der Waals surface area contributed by atoms with E-state index in [9.17, 15) is 25.6 Å². The molecule has 6 nitrogen and oxygen atoms in total. The zero-order chi connectivity index (χ0) is 16.3. The lowest BCUT2D eigenvalue weighted by Crippen LogP contribution is -2.14. The van der Waals surface area contributed by atoms with E-state index in [1.807, 2.05) is 0 Å². The van der Waals surface area contributed by atoms with Crippen molar-refractivity contribution < 1.29 is 30.4 Å². The quantitative estimate of drug-likeness (QED) is 0.738. The van der Waals surface area contributed by atoms with Crippen LogP contribution in [0.5, 0.6) is 5.75 Å². The first-order valence-corrected chi connectivity index (χ1v) is 9.28. The molecule has 0 bridgehead atoms. The molecule has 0 heterocycles. The van der Waals surface area contributed by atoms with Crippen molar-refractivity contribution in [1.82, 2.24) is 0 Å². The van der Waals surface area contributed by atoms with Gasteiger partial charge in [0.2, 0.25) is 10.0 Å². The van der Waals surface area contributed by atoms with E-state index in [1.165, 1.54) is 6.92 Å². The highest BCUT2D eigenvalue weighted by Crippen LogP contribution is 2.25. The summed E-state index contributed by atoms with van der Waals surface area (Å²) in [6.07, 6.45) is 0.0615. The first-order chi connectivity index (χ1) is 9.57. The summed E-state index contributed by atoms with van der Waals surface area (Å²) >= 11 is 0. The molecular weight excluding hydrogens is 328 g/mol. The number of rotatable bonds is 7. The summed E-state index contributed by atoms with van der Waals surface area (Å²) in [4.78, 5) is -0.710. The minimum Gasteiger partial charge on any atom is -0.488 e. The fourth-order valence-corrected chi connectivity index (χ4v) is 2.82. The molecule has 120 valence electrons. The van der Waals surface area contributed by atoms with Crippen molar-refractivity contribution in [3.63, 3.8) is 0 Å². The predicted octanol–water partition coefficient (Wildman–Crippen LogP) is 0.816. The molecule has 10 heteroatoms. The predicted molar refractivity (Wildman–Crippen MR) is 72.2 cm³/mol. The monoisotopic (exact) mass is 343 g/mol. The van der Waals surface area contributed by atoms with Crippen molar-refractivity contribution >= 4 is 19.9 Å². The van der Waals surface area contributed by atoms with Crippen LogP contribution >= 0.6 is 0 Å². The van der Waals surface area contributed by atoms with Crippen LogP contribution in [0.25, 0.3) is 0 Å². The minimum atomic E-state index is -4.23. The normalized spacial score (nSPS) is 12.4. The number of primary sulfonamides is 1. The molecule has 0 unspecified atom stereocenters. The van der Waals surface area contributed by atoms with Crippen LogP contribution in [-0.2, 0) is 19.9 Å². The second-order valence-corrected chi connectivity index (χ2v) is 8.23. The van der Waals surface area contributed by atoms with E-state index >= 15 is 0 Å². The summed E-state index contributed by atoms with van der Waals surface area (Å²) in [5, 5.41) is 4.76. The van der Waals surface area contributed by atoms with Crippen LogP contribution in [0.3, 0.4) is 0 Å². The summed E-state index contributed by atoms with van der Waals surface area (Å²) < 4.78 is 76.4. The molecule has 1 aromatic rings. The summed E-state index contributed by atoms with van der Waals surface area (Å²) in [7, 11) is -7.41. The Balaban J connectivity index is 2.78. The molecule has 0 saturated heterocycles. The molecule has 1 rings (SSSR count). The average molecular weight is 343 g/mol. The molecule has 0 aliphatic rings. The van der Waals surface area contributed by atoms with Crippen LogP contribution < -0.4 is 9.88 Å². The molecule has 0 atom stereocenters. The Kier molecular flexibility index (Phi) is 5.65. The van der Waals surface area contributed by atoms with Gasteiger partial charge in [-0.05, 0) is 18.6 Å². The number of hydrogen-bond donors (Lipinski definition) is 1. The first kappa shape index (κ1) is 17.8. The molecule has 1 aromatic carbocycles. The zero-order valence-electron chi connectivity index (χ0n) is 11.2. The standard InChI is InChI=1S/C11H15F2NO5S2/c1-2-20(15,16)5-3-4-19-11-9(12)6-8(7-10(11)13)21(14,17)18/h6-7H,2-5H2,1H3,(H2,14,17,18). The van der Waals surface area contributed by atoms with Gasteiger partial charge in [-0.2, -0.15) is 0 Å². The lowest BCUT2D eigenvalue weighted by Gasteiger charge is -2.09. The third kappa shape index (κ3) is 5.21. The zero-order valence-corrected chi connectivity index (χ0v) is 12.8. The molecule has 21 heavy (non-hydrogen) atoms. The van der Waals surface area contributed by atoms with Crippen LogP contribution in [0, 0.1) is 11.6 Å². The van der Waals surface area contributed by atoms with E-state index in [2.05, 4.69) is 0 Å². The number of sulfone groups is 1. The van der Waals surface area contributed by atoms with Crippen LogP contribution in [0.1, 0.15) is 13.3 Å². The molecule has 0 aliphatic carbocycles. The van der Waals surface area contributed by atoms with Crippen LogP contribution in [0.4, 0.5) is 8.78 Å². The van der Waals surface area contributed by atoms with Gasteiger partial charge in [0.1, 0.15) is 9.84 Å². The van der Waals surface area contributed by atoms with Gasteiger partial charge >= 0.3 is 0 Å². The second kappa shape index (κ2) is 6.67. The van der Waals surface area contributed by atoms with E-state index in [1.54, 1.807) is 0 Å². The van der Waals surface area contributed by atoms with E-state index < -0.39 is 42.1 Å². The maximum Gasteiger partial charge on any atom is 0.238 e. The molecule has 0 amide bonds. The van der Waals surface area contributed by atoms with Crippen molar-refractivity contribution in [3.05, 3.63) is 23.8 Å². The Labute approximate surface area is 121 Å². The number of sulfonamides is 1. The van der Waals surface area contributed by atoms with E-state index in [0.29, 0.717) is 12.1 Å². The highest BCUT2D eigenvalue weighted by Gasteiger charge is 2.18. The van der Waals surface area contributed by atoms with Crippen molar-refractivity contribution in [2.24, 2.45) is 5.14 Å². The lowest BCUT2D eigenvalue weighted by molar-refractivity contribution is 0.284. The van der Waals surface area contributed by atoms with Crippen molar-refractivity contribution in [2.45, 2.75) is 18.2 Å². The molecule has 0 spiro atoms. The van der Waals surface area contributed by atoms with Crippen LogP contribution in [-0.4, -0.2) is 34.9 Å². The first-order valence-electron chi connectivity index (χ1n) is 5.92. The Bertz CT molecular complexity index is 693. The number of hydrogen-bond acceptors (Lipinski definition) is 5. The Morgan fingerprint density at radius 2 is 1.67 bits per heavy atom.